The van der Waals surface area contributed by atoms with Gasteiger partial charge >= 0.3 is 6.18 Å². The fourth-order valence-electron chi connectivity index (χ4n) is 3.73. The van der Waals surface area contributed by atoms with Crippen LogP contribution < -0.4 is 0 Å². The van der Waals surface area contributed by atoms with Gasteiger partial charge < -0.3 is 9.74 Å². The van der Waals surface area contributed by atoms with E-state index < -0.39 is 29.6 Å². The molecule has 0 radical (unpaired) electrons. The van der Waals surface area contributed by atoms with Crippen LogP contribution in [0.3, 0.4) is 0 Å². The van der Waals surface area contributed by atoms with Crippen molar-refractivity contribution in [1.82, 2.24) is 4.90 Å². The maximum atomic E-state index is 13.7. The van der Waals surface area contributed by atoms with Crippen molar-refractivity contribution in [3.8, 4) is 0 Å². The third-order valence-electron chi connectivity index (χ3n) is 5.56. The first kappa shape index (κ1) is 23.5. The molecule has 1 aliphatic rings. The number of carbonyl (C=O) groups is 1. The van der Waals surface area contributed by atoms with E-state index in [1.807, 2.05) is 31.2 Å². The summed E-state index contributed by atoms with van der Waals surface area (Å²) in [6.07, 6.45) is -4.43. The number of carbonyl (C=O) groups excluding carboxylic acids is 1. The Kier molecular flexibility index (Phi) is 6.68. The molecule has 4 nitrogen and oxygen atoms in total. The molecule has 3 aromatic carbocycles. The quantitative estimate of drug-likeness (QED) is 0.416. The average molecular weight is 470 g/mol. The molecule has 0 saturated carbocycles. The van der Waals surface area contributed by atoms with Gasteiger partial charge in [0.25, 0.3) is 5.91 Å². The van der Waals surface area contributed by atoms with E-state index in [4.69, 9.17) is 4.84 Å². The fourth-order valence-corrected chi connectivity index (χ4v) is 3.73. The van der Waals surface area contributed by atoms with E-state index in [2.05, 4.69) is 5.16 Å². The van der Waals surface area contributed by atoms with Gasteiger partial charge in [0.15, 0.2) is 6.10 Å². The van der Waals surface area contributed by atoms with Gasteiger partial charge in [0.2, 0.25) is 0 Å². The lowest BCUT2D eigenvalue weighted by molar-refractivity contribution is -0.137. The number of alkyl halides is 3. The van der Waals surface area contributed by atoms with Gasteiger partial charge in [0.05, 0.1) is 17.8 Å². The molecule has 4 rings (SSSR count). The van der Waals surface area contributed by atoms with E-state index in [0.717, 1.165) is 35.0 Å². The van der Waals surface area contributed by atoms with Crippen LogP contribution in [-0.4, -0.2) is 29.2 Å². The van der Waals surface area contributed by atoms with E-state index in [-0.39, 0.29) is 18.7 Å². The Morgan fingerprint density at radius 1 is 1.06 bits per heavy atom. The Morgan fingerprint density at radius 3 is 2.41 bits per heavy atom. The summed E-state index contributed by atoms with van der Waals surface area (Å²) in [5, 5.41) is 4.16. The summed E-state index contributed by atoms with van der Waals surface area (Å²) in [6, 6.07) is 17.7. The SMILES string of the molecule is Cc1ccc(C2=NO[C@@H](CN(Cc3ccc(C(F)(F)F)cc3)C(=O)c3cccc(F)c3)C2)cc1. The second-order valence-electron chi connectivity index (χ2n) is 8.23. The Bertz CT molecular complexity index is 1190. The lowest BCUT2D eigenvalue weighted by atomic mass is 10.0. The monoisotopic (exact) mass is 470 g/mol. The Hall–Kier alpha value is -3.68. The highest BCUT2D eigenvalue weighted by atomic mass is 19.4. The topological polar surface area (TPSA) is 41.9 Å². The van der Waals surface area contributed by atoms with Crippen molar-refractivity contribution in [2.24, 2.45) is 5.16 Å². The van der Waals surface area contributed by atoms with Crippen LogP contribution in [0.25, 0.3) is 0 Å². The van der Waals surface area contributed by atoms with Crippen molar-refractivity contribution in [3.63, 3.8) is 0 Å². The molecule has 34 heavy (non-hydrogen) atoms. The summed E-state index contributed by atoms with van der Waals surface area (Å²) in [4.78, 5) is 20.2. The zero-order valence-electron chi connectivity index (χ0n) is 18.3. The summed E-state index contributed by atoms with van der Waals surface area (Å²) in [5.74, 6) is -1.01. The molecule has 0 N–H and O–H groups in total. The third-order valence-corrected chi connectivity index (χ3v) is 5.56. The lowest BCUT2D eigenvalue weighted by Gasteiger charge is -2.25. The van der Waals surface area contributed by atoms with Crippen molar-refractivity contribution in [2.45, 2.75) is 32.2 Å². The molecule has 0 bridgehead atoms. The highest BCUT2D eigenvalue weighted by Gasteiger charge is 2.31. The minimum absolute atomic E-state index is 0.0349. The maximum Gasteiger partial charge on any atom is 0.416 e. The lowest BCUT2D eigenvalue weighted by Crippen LogP contribution is -2.37. The minimum atomic E-state index is -4.45. The first-order chi connectivity index (χ1) is 16.2. The molecule has 8 heteroatoms. The van der Waals surface area contributed by atoms with Gasteiger partial charge in [-0.15, -0.1) is 0 Å². The van der Waals surface area contributed by atoms with Gasteiger partial charge in [-0.1, -0.05) is 53.2 Å². The molecule has 0 aliphatic carbocycles. The summed E-state index contributed by atoms with van der Waals surface area (Å²) >= 11 is 0. The molecule has 0 unspecified atom stereocenters. The zero-order chi connectivity index (χ0) is 24.3. The molecule has 1 amide bonds. The molecular formula is C26H22F4N2O2. The van der Waals surface area contributed by atoms with Crippen molar-refractivity contribution in [1.29, 1.82) is 0 Å². The molecule has 0 fully saturated rings. The number of aryl methyl sites for hydroxylation is 1. The van der Waals surface area contributed by atoms with Crippen molar-refractivity contribution in [3.05, 3.63) is 106 Å². The minimum Gasteiger partial charge on any atom is -0.390 e. The van der Waals surface area contributed by atoms with Crippen LogP contribution in [0.2, 0.25) is 0 Å². The van der Waals surface area contributed by atoms with Gasteiger partial charge in [-0.2, -0.15) is 13.2 Å². The Balaban J connectivity index is 1.52. The molecule has 1 atom stereocenters. The van der Waals surface area contributed by atoms with Crippen LogP contribution in [0.1, 0.15) is 39.0 Å². The molecular weight excluding hydrogens is 448 g/mol. The predicted octanol–water partition coefficient (Wildman–Crippen LogP) is 5.99. The smallest absolute Gasteiger partial charge is 0.390 e. The summed E-state index contributed by atoms with van der Waals surface area (Å²) in [6.45, 7) is 2.15. The molecule has 0 spiro atoms. The standard InChI is InChI=1S/C26H22F4N2O2/c1-17-5-9-19(10-6-17)24-14-23(34-31-24)16-32(25(33)20-3-2-4-22(27)13-20)15-18-7-11-21(12-8-18)26(28,29)30/h2-13,23H,14-16H2,1H3/t23-/m1/s1. The van der Waals surface area contributed by atoms with Gasteiger partial charge in [0.1, 0.15) is 5.82 Å². The number of hydrogen-bond donors (Lipinski definition) is 0. The van der Waals surface area contributed by atoms with Crippen molar-refractivity contribution < 1.29 is 27.2 Å². The summed E-state index contributed by atoms with van der Waals surface area (Å²) in [7, 11) is 0. The Morgan fingerprint density at radius 2 is 1.76 bits per heavy atom. The second kappa shape index (κ2) is 9.67. The van der Waals surface area contributed by atoms with Crippen LogP contribution in [-0.2, 0) is 17.6 Å². The van der Waals surface area contributed by atoms with Crippen LogP contribution in [0.15, 0.2) is 78.0 Å². The number of benzene rings is 3. The number of oxime groups is 1. The van der Waals surface area contributed by atoms with E-state index in [1.54, 1.807) is 0 Å². The summed E-state index contributed by atoms with van der Waals surface area (Å²) in [5.41, 5.74) is 2.66. The molecule has 0 aromatic heterocycles. The van der Waals surface area contributed by atoms with E-state index in [0.29, 0.717) is 12.0 Å². The highest BCUT2D eigenvalue weighted by Crippen LogP contribution is 2.29. The Labute approximate surface area is 194 Å². The van der Waals surface area contributed by atoms with Crippen LogP contribution >= 0.6 is 0 Å². The average Bonchev–Trinajstić information content (AvgIpc) is 3.27. The number of hydrogen-bond acceptors (Lipinski definition) is 3. The number of amides is 1. The van der Waals surface area contributed by atoms with Crippen LogP contribution in [0, 0.1) is 12.7 Å². The van der Waals surface area contributed by atoms with Crippen LogP contribution in [0.4, 0.5) is 17.6 Å². The summed E-state index contributed by atoms with van der Waals surface area (Å²) < 4.78 is 52.5. The van der Waals surface area contributed by atoms with Gasteiger partial charge in [-0.05, 0) is 48.4 Å². The fraction of sp³-hybridized carbons (Fsp3) is 0.231. The van der Waals surface area contributed by atoms with Crippen molar-refractivity contribution in [2.75, 3.05) is 6.54 Å². The van der Waals surface area contributed by atoms with Gasteiger partial charge in [0, 0.05) is 18.5 Å². The van der Waals surface area contributed by atoms with E-state index in [9.17, 15) is 22.4 Å². The second-order valence-corrected chi connectivity index (χ2v) is 8.23. The van der Waals surface area contributed by atoms with E-state index in [1.165, 1.54) is 35.2 Å². The number of halogens is 4. The molecule has 3 aromatic rings. The molecule has 1 aliphatic heterocycles. The first-order valence-electron chi connectivity index (χ1n) is 10.7. The third kappa shape index (κ3) is 5.62. The molecule has 1 heterocycles. The van der Waals surface area contributed by atoms with Crippen LogP contribution in [0.5, 0.6) is 0 Å². The van der Waals surface area contributed by atoms with Gasteiger partial charge in [-0.3, -0.25) is 4.79 Å². The molecule has 0 saturated heterocycles. The predicted molar refractivity (Wildman–Crippen MR) is 120 cm³/mol. The molecule has 176 valence electrons. The number of nitrogens with zero attached hydrogens (tertiary/aromatic N) is 2. The highest BCUT2D eigenvalue weighted by molar-refractivity contribution is 6.01. The number of rotatable bonds is 6. The van der Waals surface area contributed by atoms with Crippen molar-refractivity contribution >= 4 is 11.6 Å². The normalized spacial score (nSPS) is 15.6. The first-order valence-corrected chi connectivity index (χ1v) is 10.7. The van der Waals surface area contributed by atoms with E-state index >= 15 is 0 Å². The zero-order valence-corrected chi connectivity index (χ0v) is 18.3. The largest absolute Gasteiger partial charge is 0.416 e. The van der Waals surface area contributed by atoms with Gasteiger partial charge in [-0.25, -0.2) is 4.39 Å². The maximum absolute atomic E-state index is 13.7.